The summed E-state index contributed by atoms with van der Waals surface area (Å²) < 4.78 is 30.4. The van der Waals surface area contributed by atoms with Crippen LogP contribution in [0.15, 0.2) is 57.8 Å². The molecule has 1 aliphatic carbocycles. The van der Waals surface area contributed by atoms with Crippen LogP contribution in [0, 0.1) is 17.8 Å². The molecule has 1 unspecified atom stereocenters. The molecule has 0 bridgehead atoms. The van der Waals surface area contributed by atoms with Gasteiger partial charge >= 0.3 is 5.69 Å². The van der Waals surface area contributed by atoms with E-state index in [9.17, 15) is 28.0 Å². The minimum atomic E-state index is -3.00. The van der Waals surface area contributed by atoms with Crippen molar-refractivity contribution in [3.63, 3.8) is 0 Å². The lowest BCUT2D eigenvalue weighted by Crippen LogP contribution is -2.48. The van der Waals surface area contributed by atoms with E-state index in [0.717, 1.165) is 77.7 Å². The predicted molar refractivity (Wildman–Crippen MR) is 214 cm³/mol. The summed E-state index contributed by atoms with van der Waals surface area (Å²) >= 11 is 0. The number of aromatic nitrogens is 4. The maximum Gasteiger partial charge on any atom is 0.329 e. The van der Waals surface area contributed by atoms with E-state index in [0.29, 0.717) is 34.9 Å². The summed E-state index contributed by atoms with van der Waals surface area (Å²) in [5, 5.41) is 4.80. The monoisotopic (exact) mass is 798 g/mol. The summed E-state index contributed by atoms with van der Waals surface area (Å²) in [6.07, 6.45) is 4.67. The first-order valence-electron chi connectivity index (χ1n) is 19.6. The van der Waals surface area contributed by atoms with Gasteiger partial charge in [-0.05, 0) is 56.2 Å². The first-order chi connectivity index (χ1) is 28.0. The standard InChI is InChI=1S/C40H48F2N12O4/c1-50-35-26(4-2-6-30(35)54(40(50)58)31-11-12-33(55)49-39(31)57)5-3-15-51-16-18-52(19-17-51)24-25-7-9-27(10-8-25)46-23-29(34(44)36(41)42)47-38(56)28(22-43)37-45-14-13-32(48-37)53-20-21-53/h2,4,6,13-14,22-23,25,27,31,36H,7-12,15-21,24,43-44H2,1H3,(H,47,56)(H,49,55,57). The SMILES string of the molecule is Cn1c(=O)n(C2CCC(=O)NC2=O)c2cccc(C#CCN3CCN(CC4CCC(N=CC(NC(=O)C(=CN)c5nccc(N6CC6)n5)=C(N)C(F)F)CC4)CC3)c21. The molecule has 58 heavy (non-hydrogen) atoms. The third-order valence-electron chi connectivity index (χ3n) is 11.2. The van der Waals surface area contributed by atoms with Crippen molar-refractivity contribution in [3.8, 4) is 11.8 Å². The van der Waals surface area contributed by atoms with Crippen LogP contribution >= 0.6 is 0 Å². The minimum Gasteiger partial charge on any atom is -0.404 e. The van der Waals surface area contributed by atoms with E-state index in [2.05, 4.69) is 47.2 Å². The van der Waals surface area contributed by atoms with Gasteiger partial charge in [0, 0.05) is 77.9 Å². The Bertz CT molecular complexity index is 2270. The molecule has 2 aromatic heterocycles. The summed E-state index contributed by atoms with van der Waals surface area (Å²) in [6.45, 7) is 6.78. The van der Waals surface area contributed by atoms with E-state index < -0.39 is 30.0 Å². The minimum absolute atomic E-state index is 0.0747. The number of allylic oxidation sites excluding steroid dienone is 2. The second-order valence-electron chi connectivity index (χ2n) is 15.1. The number of imide groups is 1. The van der Waals surface area contributed by atoms with Crippen LogP contribution in [0.4, 0.5) is 14.6 Å². The van der Waals surface area contributed by atoms with E-state index in [4.69, 9.17) is 11.5 Å². The van der Waals surface area contributed by atoms with Gasteiger partial charge in [0.25, 0.3) is 12.3 Å². The van der Waals surface area contributed by atoms with Gasteiger partial charge in [0.1, 0.15) is 17.6 Å². The molecule has 3 amide bonds. The second kappa shape index (κ2) is 17.7. The molecular formula is C40H48F2N12O4. The maximum atomic E-state index is 13.7. The molecule has 3 saturated heterocycles. The van der Waals surface area contributed by atoms with Gasteiger partial charge in [-0.2, -0.15) is 0 Å². The topological polar surface area (TPSA) is 202 Å². The molecule has 1 aromatic carbocycles. The van der Waals surface area contributed by atoms with Crippen LogP contribution in [0.2, 0.25) is 0 Å². The summed E-state index contributed by atoms with van der Waals surface area (Å²) in [5.74, 6) is 6.17. The quantitative estimate of drug-likeness (QED) is 0.0712. The Balaban J connectivity index is 0.882. The molecule has 3 aliphatic heterocycles. The van der Waals surface area contributed by atoms with Gasteiger partial charge in [0.2, 0.25) is 11.8 Å². The summed E-state index contributed by atoms with van der Waals surface area (Å²) in [4.78, 5) is 70.5. The number of nitrogens with zero attached hydrogens (tertiary/aromatic N) is 8. The Morgan fingerprint density at radius 3 is 2.48 bits per heavy atom. The zero-order chi connectivity index (χ0) is 40.9. The highest BCUT2D eigenvalue weighted by Crippen LogP contribution is 2.28. The van der Waals surface area contributed by atoms with Crippen LogP contribution in [0.25, 0.3) is 16.6 Å². The van der Waals surface area contributed by atoms with Crippen molar-refractivity contribution in [1.82, 2.24) is 39.5 Å². The molecule has 6 N–H and O–H groups in total. The highest BCUT2D eigenvalue weighted by atomic mass is 19.3. The number of piperidine rings is 1. The molecule has 4 aliphatic rings. The molecule has 4 fully saturated rings. The van der Waals surface area contributed by atoms with Gasteiger partial charge in [-0.1, -0.05) is 17.9 Å². The fraction of sp³-hybridized carbons (Fsp3) is 0.475. The third kappa shape index (κ3) is 9.11. The predicted octanol–water partition coefficient (Wildman–Crippen LogP) is 1.08. The number of amides is 3. The average Bonchev–Trinajstić information content (AvgIpc) is 4.04. The van der Waals surface area contributed by atoms with Crippen molar-refractivity contribution in [1.29, 1.82) is 0 Å². The number of rotatable bonds is 11. The van der Waals surface area contributed by atoms with Crippen molar-refractivity contribution in [3.05, 3.63) is 69.9 Å². The van der Waals surface area contributed by atoms with E-state index >= 15 is 0 Å². The second-order valence-corrected chi connectivity index (χ2v) is 15.1. The number of hydrogen-bond acceptors (Lipinski definition) is 12. The molecule has 0 spiro atoms. The number of imidazole rings is 1. The van der Waals surface area contributed by atoms with Crippen molar-refractivity contribution in [2.75, 3.05) is 57.3 Å². The van der Waals surface area contributed by atoms with Gasteiger partial charge in [-0.15, -0.1) is 0 Å². The smallest absolute Gasteiger partial charge is 0.329 e. The normalized spacial score (nSPS) is 22.5. The Morgan fingerprint density at radius 2 is 1.79 bits per heavy atom. The Labute approximate surface area is 334 Å². The van der Waals surface area contributed by atoms with Crippen molar-refractivity contribution in [2.24, 2.45) is 29.4 Å². The summed E-state index contributed by atoms with van der Waals surface area (Å²) in [7, 11) is 1.67. The van der Waals surface area contributed by atoms with Crippen LogP contribution in [-0.4, -0.2) is 118 Å². The van der Waals surface area contributed by atoms with E-state index in [1.165, 1.54) is 21.5 Å². The molecule has 7 rings (SSSR count). The molecule has 5 heterocycles. The Hall–Kier alpha value is -5.93. The van der Waals surface area contributed by atoms with Crippen LogP contribution in [0.1, 0.15) is 56.0 Å². The molecule has 16 nitrogen and oxygen atoms in total. The van der Waals surface area contributed by atoms with Gasteiger partial charge in [0.15, 0.2) is 5.82 Å². The molecule has 18 heteroatoms. The third-order valence-corrected chi connectivity index (χ3v) is 11.2. The highest BCUT2D eigenvalue weighted by molar-refractivity contribution is 6.19. The average molecular weight is 799 g/mol. The number of nitrogens with one attached hydrogen (secondary N) is 2. The number of carbonyl (C=O) groups is 3. The maximum absolute atomic E-state index is 13.7. The summed E-state index contributed by atoms with van der Waals surface area (Å²) in [6, 6.07) is 6.37. The number of aliphatic imine (C=N–C) groups is 1. The summed E-state index contributed by atoms with van der Waals surface area (Å²) in [5.41, 5.74) is 12.0. The number of carbonyl (C=O) groups excluding carboxylic acids is 3. The van der Waals surface area contributed by atoms with Gasteiger partial charge in [-0.25, -0.2) is 23.5 Å². The first-order valence-corrected chi connectivity index (χ1v) is 19.6. The van der Waals surface area contributed by atoms with E-state index in [-0.39, 0.29) is 47.6 Å². The number of para-hydroxylation sites is 1. The van der Waals surface area contributed by atoms with Crippen molar-refractivity contribution < 1.29 is 23.2 Å². The van der Waals surface area contributed by atoms with Crippen LogP contribution < -0.4 is 32.7 Å². The molecule has 0 radical (unpaired) electrons. The lowest BCUT2D eigenvalue weighted by Gasteiger charge is -2.37. The zero-order valence-electron chi connectivity index (χ0n) is 32.4. The van der Waals surface area contributed by atoms with Gasteiger partial charge in [-0.3, -0.25) is 38.7 Å². The van der Waals surface area contributed by atoms with E-state index in [1.807, 2.05) is 17.0 Å². The fourth-order valence-electron chi connectivity index (χ4n) is 7.84. The molecular weight excluding hydrogens is 751 g/mol. The van der Waals surface area contributed by atoms with Gasteiger partial charge < -0.3 is 26.6 Å². The number of halogens is 2. The Kier molecular flexibility index (Phi) is 12.3. The molecule has 306 valence electrons. The van der Waals surface area contributed by atoms with Crippen molar-refractivity contribution in [2.45, 2.75) is 57.0 Å². The van der Waals surface area contributed by atoms with E-state index in [1.54, 1.807) is 19.2 Å². The number of nitrogens with two attached hydrogens (primary N) is 2. The number of hydrogen-bond donors (Lipinski definition) is 4. The lowest BCUT2D eigenvalue weighted by atomic mass is 9.86. The fourth-order valence-corrected chi connectivity index (χ4v) is 7.84. The number of fused-ring (bicyclic) bond motifs is 1. The molecule has 1 saturated carbocycles. The number of benzene rings is 1. The first kappa shape index (κ1) is 40.3. The van der Waals surface area contributed by atoms with Crippen molar-refractivity contribution >= 4 is 46.4 Å². The zero-order valence-corrected chi connectivity index (χ0v) is 32.4. The van der Waals surface area contributed by atoms with Crippen LogP contribution in [0.5, 0.6) is 0 Å². The number of alkyl halides is 2. The molecule has 1 atom stereocenters. The number of aryl methyl sites for hydroxylation is 1. The van der Waals surface area contributed by atoms with Gasteiger partial charge in [0.05, 0.1) is 40.5 Å². The molecule has 3 aromatic rings. The lowest BCUT2D eigenvalue weighted by molar-refractivity contribution is -0.135. The van der Waals surface area contributed by atoms with Crippen LogP contribution in [0.3, 0.4) is 0 Å². The highest BCUT2D eigenvalue weighted by Gasteiger charge is 2.32. The number of anilines is 1. The number of piperazine rings is 1. The Morgan fingerprint density at radius 1 is 1.05 bits per heavy atom. The van der Waals surface area contributed by atoms with Crippen LogP contribution in [-0.2, 0) is 21.4 Å². The largest absolute Gasteiger partial charge is 0.404 e.